The number of rotatable bonds is 4. The SMILES string of the molecule is CC(C)(NCc1ccc(Cl)c(F)c1)c1nccs1. The van der Waals surface area contributed by atoms with Gasteiger partial charge in [-0.15, -0.1) is 11.3 Å². The summed E-state index contributed by atoms with van der Waals surface area (Å²) in [5.74, 6) is -0.386. The summed E-state index contributed by atoms with van der Waals surface area (Å²) >= 11 is 7.25. The first kappa shape index (κ1) is 13.5. The Bertz CT molecular complexity index is 526. The van der Waals surface area contributed by atoms with E-state index < -0.39 is 0 Å². The van der Waals surface area contributed by atoms with Gasteiger partial charge in [0, 0.05) is 18.1 Å². The van der Waals surface area contributed by atoms with E-state index in [-0.39, 0.29) is 16.4 Å². The van der Waals surface area contributed by atoms with Gasteiger partial charge >= 0.3 is 0 Å². The first-order valence-corrected chi connectivity index (χ1v) is 6.84. The van der Waals surface area contributed by atoms with E-state index in [1.165, 1.54) is 6.07 Å². The molecule has 0 fully saturated rings. The third-order valence-electron chi connectivity index (χ3n) is 2.69. The molecule has 0 saturated carbocycles. The number of nitrogens with zero attached hydrogens (tertiary/aromatic N) is 1. The molecule has 0 aliphatic heterocycles. The van der Waals surface area contributed by atoms with Crippen molar-refractivity contribution in [2.75, 3.05) is 0 Å². The van der Waals surface area contributed by atoms with Crippen LogP contribution in [0.4, 0.5) is 4.39 Å². The normalized spacial score (nSPS) is 11.8. The van der Waals surface area contributed by atoms with E-state index in [1.807, 2.05) is 11.4 Å². The summed E-state index contributed by atoms with van der Waals surface area (Å²) in [5.41, 5.74) is 0.631. The van der Waals surface area contributed by atoms with Crippen LogP contribution in [0.1, 0.15) is 24.4 Å². The van der Waals surface area contributed by atoms with Crippen LogP contribution < -0.4 is 5.32 Å². The van der Waals surface area contributed by atoms with Crippen molar-refractivity contribution >= 4 is 22.9 Å². The lowest BCUT2D eigenvalue weighted by Crippen LogP contribution is -2.35. The predicted octanol–water partition coefficient (Wildman–Crippen LogP) is 3.96. The molecule has 5 heteroatoms. The summed E-state index contributed by atoms with van der Waals surface area (Å²) in [7, 11) is 0. The fourth-order valence-electron chi connectivity index (χ4n) is 1.58. The van der Waals surface area contributed by atoms with Crippen LogP contribution in [-0.2, 0) is 12.1 Å². The van der Waals surface area contributed by atoms with Crippen molar-refractivity contribution in [1.82, 2.24) is 10.3 Å². The van der Waals surface area contributed by atoms with E-state index in [2.05, 4.69) is 24.1 Å². The number of nitrogens with one attached hydrogen (secondary N) is 1. The third kappa shape index (κ3) is 3.07. The van der Waals surface area contributed by atoms with E-state index >= 15 is 0 Å². The number of benzene rings is 1. The van der Waals surface area contributed by atoms with Crippen molar-refractivity contribution in [1.29, 1.82) is 0 Å². The molecule has 1 aromatic heterocycles. The Balaban J connectivity index is 2.05. The summed E-state index contributed by atoms with van der Waals surface area (Å²) in [5, 5.41) is 6.47. The van der Waals surface area contributed by atoms with Gasteiger partial charge in [0.1, 0.15) is 10.8 Å². The maximum Gasteiger partial charge on any atom is 0.142 e. The van der Waals surface area contributed by atoms with Crippen molar-refractivity contribution in [2.45, 2.75) is 25.9 Å². The molecule has 0 radical (unpaired) electrons. The van der Waals surface area contributed by atoms with Gasteiger partial charge in [-0.25, -0.2) is 9.37 Å². The highest BCUT2D eigenvalue weighted by atomic mass is 35.5. The van der Waals surface area contributed by atoms with Crippen LogP contribution in [0.15, 0.2) is 29.8 Å². The van der Waals surface area contributed by atoms with Crippen LogP contribution >= 0.6 is 22.9 Å². The average Bonchev–Trinajstić information content (AvgIpc) is 2.85. The highest BCUT2D eigenvalue weighted by Crippen LogP contribution is 2.23. The monoisotopic (exact) mass is 284 g/mol. The molecular formula is C13H14ClFN2S. The minimum absolute atomic E-state index is 0.151. The van der Waals surface area contributed by atoms with E-state index in [0.29, 0.717) is 6.54 Å². The summed E-state index contributed by atoms with van der Waals surface area (Å²) in [6, 6.07) is 4.84. The molecule has 1 heterocycles. The summed E-state index contributed by atoms with van der Waals surface area (Å²) in [6.45, 7) is 4.68. The number of hydrogen-bond acceptors (Lipinski definition) is 3. The van der Waals surface area contributed by atoms with Gasteiger partial charge in [-0.3, -0.25) is 0 Å². The van der Waals surface area contributed by atoms with Crippen LogP contribution in [0.25, 0.3) is 0 Å². The standard InChI is InChI=1S/C13H14ClFN2S/c1-13(2,12-16-5-6-18-12)17-8-9-3-4-10(14)11(15)7-9/h3-7,17H,8H2,1-2H3. The quantitative estimate of drug-likeness (QED) is 0.919. The third-order valence-corrected chi connectivity index (χ3v) is 4.09. The van der Waals surface area contributed by atoms with Gasteiger partial charge in [-0.05, 0) is 31.5 Å². The largest absolute Gasteiger partial charge is 0.302 e. The number of hydrogen-bond donors (Lipinski definition) is 1. The summed E-state index contributed by atoms with van der Waals surface area (Å²) in [4.78, 5) is 4.29. The lowest BCUT2D eigenvalue weighted by molar-refractivity contribution is 0.399. The predicted molar refractivity (Wildman–Crippen MR) is 73.4 cm³/mol. The van der Waals surface area contributed by atoms with Crippen molar-refractivity contribution < 1.29 is 4.39 Å². The Kier molecular flexibility index (Phi) is 4.00. The first-order chi connectivity index (χ1) is 8.49. The fraction of sp³-hybridized carbons (Fsp3) is 0.308. The summed E-state index contributed by atoms with van der Waals surface area (Å²) in [6.07, 6.45) is 1.78. The smallest absolute Gasteiger partial charge is 0.142 e. The highest BCUT2D eigenvalue weighted by Gasteiger charge is 2.22. The molecule has 2 nitrogen and oxygen atoms in total. The second-order valence-corrected chi connectivity index (χ2v) is 5.87. The van der Waals surface area contributed by atoms with E-state index in [1.54, 1.807) is 23.6 Å². The Morgan fingerprint density at radius 3 is 2.83 bits per heavy atom. The topological polar surface area (TPSA) is 24.9 Å². The molecule has 0 unspecified atom stereocenters. The number of thiazole rings is 1. The van der Waals surface area contributed by atoms with Crippen molar-refractivity contribution in [3.8, 4) is 0 Å². The van der Waals surface area contributed by atoms with Gasteiger partial charge in [-0.2, -0.15) is 0 Å². The molecule has 0 aliphatic carbocycles. The lowest BCUT2D eigenvalue weighted by Gasteiger charge is -2.24. The van der Waals surface area contributed by atoms with E-state index in [4.69, 9.17) is 11.6 Å². The molecule has 2 rings (SSSR count). The first-order valence-electron chi connectivity index (χ1n) is 5.58. The highest BCUT2D eigenvalue weighted by molar-refractivity contribution is 7.09. The van der Waals surface area contributed by atoms with Crippen molar-refractivity contribution in [3.63, 3.8) is 0 Å². The molecule has 18 heavy (non-hydrogen) atoms. The zero-order chi connectivity index (χ0) is 13.2. The van der Waals surface area contributed by atoms with E-state index in [9.17, 15) is 4.39 Å². The molecule has 0 spiro atoms. The molecule has 2 aromatic rings. The Hall–Kier alpha value is -0.970. The zero-order valence-electron chi connectivity index (χ0n) is 10.2. The molecule has 0 bridgehead atoms. The molecule has 1 aromatic carbocycles. The molecule has 0 amide bonds. The lowest BCUT2D eigenvalue weighted by atomic mass is 10.1. The number of halogens is 2. The Morgan fingerprint density at radius 2 is 2.22 bits per heavy atom. The zero-order valence-corrected chi connectivity index (χ0v) is 11.8. The van der Waals surface area contributed by atoms with Gasteiger partial charge in [0.15, 0.2) is 0 Å². The van der Waals surface area contributed by atoms with Gasteiger partial charge < -0.3 is 5.32 Å². The van der Waals surface area contributed by atoms with E-state index in [0.717, 1.165) is 10.6 Å². The summed E-state index contributed by atoms with van der Waals surface area (Å²) < 4.78 is 13.3. The average molecular weight is 285 g/mol. The second-order valence-electron chi connectivity index (χ2n) is 4.56. The minimum Gasteiger partial charge on any atom is -0.302 e. The Morgan fingerprint density at radius 1 is 1.44 bits per heavy atom. The van der Waals surface area contributed by atoms with Crippen LogP contribution in [0.2, 0.25) is 5.02 Å². The molecule has 0 saturated heterocycles. The molecule has 1 N–H and O–H groups in total. The van der Waals surface area contributed by atoms with Crippen LogP contribution in [0, 0.1) is 5.82 Å². The molecular weight excluding hydrogens is 271 g/mol. The van der Waals surface area contributed by atoms with Crippen LogP contribution in [-0.4, -0.2) is 4.98 Å². The van der Waals surface area contributed by atoms with Gasteiger partial charge in [0.25, 0.3) is 0 Å². The van der Waals surface area contributed by atoms with Gasteiger partial charge in [0.05, 0.1) is 10.6 Å². The van der Waals surface area contributed by atoms with Gasteiger partial charge in [0.2, 0.25) is 0 Å². The minimum atomic E-state index is -0.386. The van der Waals surface area contributed by atoms with Gasteiger partial charge in [-0.1, -0.05) is 17.7 Å². The molecule has 0 atom stereocenters. The van der Waals surface area contributed by atoms with Crippen LogP contribution in [0.5, 0.6) is 0 Å². The second kappa shape index (κ2) is 5.34. The van der Waals surface area contributed by atoms with Crippen molar-refractivity contribution in [2.24, 2.45) is 0 Å². The van der Waals surface area contributed by atoms with Crippen LogP contribution in [0.3, 0.4) is 0 Å². The molecule has 96 valence electrons. The molecule has 0 aliphatic rings. The maximum absolute atomic E-state index is 13.3. The number of aromatic nitrogens is 1. The maximum atomic E-state index is 13.3. The fourth-order valence-corrected chi connectivity index (χ4v) is 2.44. The van der Waals surface area contributed by atoms with Crippen molar-refractivity contribution in [3.05, 3.63) is 51.2 Å². The Labute approximate surface area is 115 Å².